The van der Waals surface area contributed by atoms with Crippen LogP contribution in [0.5, 0.6) is 0 Å². The van der Waals surface area contributed by atoms with E-state index in [1.54, 1.807) is 6.07 Å². The van der Waals surface area contributed by atoms with Gasteiger partial charge in [0.2, 0.25) is 0 Å². The van der Waals surface area contributed by atoms with E-state index < -0.39 is 23.6 Å². The fourth-order valence-corrected chi connectivity index (χ4v) is 4.57. The van der Waals surface area contributed by atoms with Gasteiger partial charge in [-0.1, -0.05) is 36.4 Å². The van der Waals surface area contributed by atoms with Crippen molar-refractivity contribution in [2.75, 3.05) is 31.2 Å². The normalized spacial score (nSPS) is 14.7. The zero-order valence-electron chi connectivity index (χ0n) is 16.5. The summed E-state index contributed by atoms with van der Waals surface area (Å²) in [6.45, 7) is 2.63. The zero-order chi connectivity index (χ0) is 21.8. The van der Waals surface area contributed by atoms with E-state index in [1.165, 1.54) is 17.4 Å². The molecule has 1 saturated heterocycles. The Morgan fingerprint density at radius 1 is 1.13 bits per heavy atom. The van der Waals surface area contributed by atoms with Crippen molar-refractivity contribution in [1.82, 2.24) is 5.32 Å². The number of nitriles is 1. The van der Waals surface area contributed by atoms with Gasteiger partial charge in [-0.3, -0.25) is 4.79 Å². The van der Waals surface area contributed by atoms with E-state index in [9.17, 15) is 18.8 Å². The largest absolute Gasteiger partial charge is 0.378 e. The van der Waals surface area contributed by atoms with Crippen LogP contribution in [-0.4, -0.2) is 32.2 Å². The van der Waals surface area contributed by atoms with Crippen LogP contribution in [0.15, 0.2) is 54.6 Å². The summed E-state index contributed by atoms with van der Waals surface area (Å²) in [5.41, 5.74) is 1.81. The molecule has 3 aromatic rings. The molecule has 4 rings (SSSR count). The summed E-state index contributed by atoms with van der Waals surface area (Å²) >= 11 is 1.32. The number of nitrogens with one attached hydrogen (secondary N) is 1. The molecule has 1 unspecified atom stereocenters. The lowest BCUT2D eigenvalue weighted by Crippen LogP contribution is -2.35. The Hall–Kier alpha value is -3.28. The highest BCUT2D eigenvalue weighted by Crippen LogP contribution is 2.39. The van der Waals surface area contributed by atoms with Gasteiger partial charge in [0.15, 0.2) is 0 Å². The van der Waals surface area contributed by atoms with E-state index >= 15 is 0 Å². The molecule has 1 fully saturated rings. The van der Waals surface area contributed by atoms with E-state index in [-0.39, 0.29) is 5.56 Å². The maximum atomic E-state index is 14.1. The molecule has 31 heavy (non-hydrogen) atoms. The van der Waals surface area contributed by atoms with Gasteiger partial charge in [0.25, 0.3) is 5.91 Å². The van der Waals surface area contributed by atoms with Crippen molar-refractivity contribution in [3.05, 3.63) is 76.7 Å². The fraction of sp³-hybridized carbons (Fsp3) is 0.217. The Morgan fingerprint density at radius 3 is 2.55 bits per heavy atom. The van der Waals surface area contributed by atoms with Crippen molar-refractivity contribution in [2.45, 2.75) is 6.04 Å². The van der Waals surface area contributed by atoms with Gasteiger partial charge in [-0.05, 0) is 17.7 Å². The van der Waals surface area contributed by atoms with Crippen LogP contribution in [0, 0.1) is 23.0 Å². The van der Waals surface area contributed by atoms with E-state index in [1.807, 2.05) is 36.4 Å². The van der Waals surface area contributed by atoms with Crippen LogP contribution in [0.2, 0.25) is 0 Å². The smallest absolute Gasteiger partial charge is 0.262 e. The molecule has 0 bridgehead atoms. The number of morpholine rings is 1. The molecule has 2 heterocycles. The Labute approximate surface area is 182 Å². The second kappa shape index (κ2) is 9.25. The predicted molar refractivity (Wildman–Crippen MR) is 115 cm³/mol. The zero-order valence-corrected chi connectivity index (χ0v) is 17.3. The quantitative estimate of drug-likeness (QED) is 0.635. The fourth-order valence-electron chi connectivity index (χ4n) is 3.44. The molecule has 2 aromatic carbocycles. The number of thiophene rings is 1. The molecule has 1 aliphatic heterocycles. The highest BCUT2D eigenvalue weighted by Gasteiger charge is 2.24. The van der Waals surface area contributed by atoms with Crippen LogP contribution in [0.3, 0.4) is 0 Å². The molecule has 0 radical (unpaired) electrons. The maximum Gasteiger partial charge on any atom is 0.262 e. The number of hydrogen-bond donors (Lipinski definition) is 1. The van der Waals surface area contributed by atoms with Crippen LogP contribution in [0.1, 0.15) is 21.3 Å². The van der Waals surface area contributed by atoms with Gasteiger partial charge in [0, 0.05) is 30.3 Å². The number of ether oxygens (including phenoxy) is 1. The van der Waals surface area contributed by atoms with Crippen LogP contribution in [-0.2, 0) is 4.74 Å². The van der Waals surface area contributed by atoms with Gasteiger partial charge < -0.3 is 15.0 Å². The summed E-state index contributed by atoms with van der Waals surface area (Å²) in [6.07, 6.45) is 0. The van der Waals surface area contributed by atoms with Crippen molar-refractivity contribution in [1.29, 1.82) is 5.26 Å². The van der Waals surface area contributed by atoms with Gasteiger partial charge in [-0.25, -0.2) is 8.78 Å². The number of hydrogen-bond acceptors (Lipinski definition) is 5. The Balaban J connectivity index is 1.64. The van der Waals surface area contributed by atoms with Crippen LogP contribution in [0.25, 0.3) is 11.1 Å². The second-order valence-corrected chi connectivity index (χ2v) is 8.03. The molecule has 0 aliphatic carbocycles. The number of benzene rings is 2. The summed E-state index contributed by atoms with van der Waals surface area (Å²) in [6, 6.07) is 15.1. The van der Waals surface area contributed by atoms with Gasteiger partial charge in [0.1, 0.15) is 17.7 Å². The topological polar surface area (TPSA) is 65.4 Å². The summed E-state index contributed by atoms with van der Waals surface area (Å²) < 4.78 is 32.8. The van der Waals surface area contributed by atoms with Crippen molar-refractivity contribution in [3.63, 3.8) is 0 Å². The highest BCUT2D eigenvalue weighted by atomic mass is 32.1. The minimum atomic E-state index is -1.23. The number of rotatable bonds is 5. The van der Waals surface area contributed by atoms with E-state index in [2.05, 4.69) is 10.2 Å². The molecule has 158 valence electrons. The van der Waals surface area contributed by atoms with Gasteiger partial charge in [-0.2, -0.15) is 5.26 Å². The van der Waals surface area contributed by atoms with Crippen LogP contribution >= 0.6 is 11.3 Å². The first-order valence-electron chi connectivity index (χ1n) is 9.74. The molecule has 0 saturated carbocycles. The van der Waals surface area contributed by atoms with Gasteiger partial charge >= 0.3 is 0 Å². The van der Waals surface area contributed by atoms with Crippen LogP contribution < -0.4 is 10.2 Å². The minimum Gasteiger partial charge on any atom is -0.378 e. The summed E-state index contributed by atoms with van der Waals surface area (Å²) in [5, 5.41) is 13.0. The number of amides is 1. The molecule has 0 spiro atoms. The summed E-state index contributed by atoms with van der Waals surface area (Å²) in [7, 11) is 0. The minimum absolute atomic E-state index is 0.0782. The SMILES string of the molecule is N#CC(NC(=O)c1cc(-c2ccccc2)c(N2CCOCC2)s1)c1ccc(F)cc1F. The number of carbonyl (C=O) groups is 1. The third-order valence-corrected chi connectivity index (χ3v) is 6.19. The standard InChI is InChI=1S/C23H19F2N3O2S/c24-16-6-7-17(19(25)12-16)20(14-26)27-22(29)21-13-18(15-4-2-1-3-5-15)23(31-21)28-8-10-30-11-9-28/h1-7,12-13,20H,8-11H2,(H,27,29). The van der Waals surface area contributed by atoms with Crippen molar-refractivity contribution in [3.8, 4) is 17.2 Å². The molecule has 1 amide bonds. The average molecular weight is 439 g/mol. The first-order valence-corrected chi connectivity index (χ1v) is 10.6. The molecular weight excluding hydrogens is 420 g/mol. The third-order valence-electron chi connectivity index (χ3n) is 5.00. The summed E-state index contributed by atoms with van der Waals surface area (Å²) in [4.78, 5) is 15.5. The average Bonchev–Trinajstić information content (AvgIpc) is 3.25. The number of anilines is 1. The number of carbonyl (C=O) groups excluding carboxylic acids is 1. The lowest BCUT2D eigenvalue weighted by Gasteiger charge is -2.28. The van der Waals surface area contributed by atoms with Crippen molar-refractivity contribution < 1.29 is 18.3 Å². The van der Waals surface area contributed by atoms with Crippen molar-refractivity contribution >= 4 is 22.2 Å². The molecule has 1 atom stereocenters. The maximum absolute atomic E-state index is 14.1. The first-order chi connectivity index (χ1) is 15.1. The van der Waals surface area contributed by atoms with Crippen LogP contribution in [0.4, 0.5) is 13.8 Å². The van der Waals surface area contributed by atoms with Gasteiger partial charge in [0.05, 0.1) is 29.2 Å². The predicted octanol–water partition coefficient (Wildman–Crippen LogP) is 4.52. The Kier molecular flexibility index (Phi) is 6.26. The first kappa shape index (κ1) is 21.0. The molecule has 1 aromatic heterocycles. The highest BCUT2D eigenvalue weighted by molar-refractivity contribution is 7.18. The monoisotopic (exact) mass is 439 g/mol. The second-order valence-electron chi connectivity index (χ2n) is 7.00. The van der Waals surface area contributed by atoms with Crippen molar-refractivity contribution in [2.24, 2.45) is 0 Å². The van der Waals surface area contributed by atoms with E-state index in [0.29, 0.717) is 37.2 Å². The van der Waals surface area contributed by atoms with Gasteiger partial charge in [-0.15, -0.1) is 11.3 Å². The molecule has 1 aliphatic rings. The van der Waals surface area contributed by atoms with E-state index in [0.717, 1.165) is 22.2 Å². The summed E-state index contributed by atoms with van der Waals surface area (Å²) in [5.74, 6) is -2.11. The molecular formula is C23H19F2N3O2S. The number of nitrogens with zero attached hydrogens (tertiary/aromatic N) is 2. The Bertz CT molecular complexity index is 1120. The lowest BCUT2D eigenvalue weighted by molar-refractivity contribution is 0.0949. The Morgan fingerprint density at radius 2 is 1.87 bits per heavy atom. The lowest BCUT2D eigenvalue weighted by atomic mass is 10.1. The third kappa shape index (κ3) is 4.58. The van der Waals surface area contributed by atoms with E-state index in [4.69, 9.17) is 4.74 Å². The molecule has 5 nitrogen and oxygen atoms in total. The molecule has 1 N–H and O–H groups in total. The number of halogens is 2. The molecule has 8 heteroatoms.